The molecule has 0 aliphatic heterocycles. The minimum absolute atomic E-state index is 0.130. The quantitative estimate of drug-likeness (QED) is 0.0242. The van der Waals surface area contributed by atoms with Gasteiger partial charge >= 0.3 is 19.8 Å². The molecule has 0 radical (unpaired) electrons. The molecule has 12 heteroatoms. The molecule has 0 spiro atoms. The third kappa shape index (κ3) is 29.4. The molecule has 0 bridgehead atoms. The Hall–Kier alpha value is -2.04. The zero-order valence-corrected chi connectivity index (χ0v) is 29.3. The molecule has 268 valence electrons. The van der Waals surface area contributed by atoms with Crippen LogP contribution in [0.1, 0.15) is 142 Å². The van der Waals surface area contributed by atoms with E-state index in [2.05, 4.69) is 43.5 Å². The lowest BCUT2D eigenvalue weighted by atomic mass is 10.1. The predicted octanol–water partition coefficient (Wildman–Crippen LogP) is 7.55. The van der Waals surface area contributed by atoms with Crippen LogP contribution in [-0.2, 0) is 32.7 Å². The van der Waals surface area contributed by atoms with Crippen LogP contribution in [-0.4, -0.2) is 64.9 Å². The summed E-state index contributed by atoms with van der Waals surface area (Å²) in [4.78, 5) is 45.5. The van der Waals surface area contributed by atoms with Gasteiger partial charge in [-0.05, 0) is 38.5 Å². The van der Waals surface area contributed by atoms with Crippen molar-refractivity contribution in [3.63, 3.8) is 0 Å². The lowest BCUT2D eigenvalue weighted by molar-refractivity contribution is -0.147. The van der Waals surface area contributed by atoms with E-state index in [9.17, 15) is 34.1 Å². The van der Waals surface area contributed by atoms with Crippen LogP contribution < -0.4 is 5.32 Å². The summed E-state index contributed by atoms with van der Waals surface area (Å²) in [6.07, 6.45) is 26.5. The first kappa shape index (κ1) is 44.0. The second-order valence-corrected chi connectivity index (χ2v) is 13.2. The maximum Gasteiger partial charge on any atom is 0.472 e. The Morgan fingerprint density at radius 1 is 0.696 bits per heavy atom. The fourth-order valence-electron chi connectivity index (χ4n) is 4.47. The van der Waals surface area contributed by atoms with Crippen molar-refractivity contribution in [3.8, 4) is 0 Å². The number of carbonyl (C=O) groups excluding carboxylic acids is 2. The summed E-state index contributed by atoms with van der Waals surface area (Å²) in [6.45, 7) is 2.45. The van der Waals surface area contributed by atoms with Crippen LogP contribution in [0.15, 0.2) is 24.3 Å². The number of carbonyl (C=O) groups is 3. The van der Waals surface area contributed by atoms with E-state index in [4.69, 9.17) is 13.8 Å². The minimum Gasteiger partial charge on any atom is -0.480 e. The van der Waals surface area contributed by atoms with Gasteiger partial charge in [0.1, 0.15) is 12.7 Å². The molecule has 0 saturated carbocycles. The lowest BCUT2D eigenvalue weighted by Gasteiger charge is -2.18. The molecule has 0 fully saturated rings. The standard InChI is InChI=1S/C34H62NO10P/c1-3-5-7-9-11-13-14-15-16-18-19-21-23-25-32(37)35-31(34(39)40)29-45-46(41,42)44-28-30(36)27-43-33(38)26-24-22-20-17-12-10-8-6-4-2/h7,9,13-14,30-31,36H,3-6,8,10-12,15-29H2,1-2H3,(H,35,37)(H,39,40)(H,41,42)/b9-7-,14-13-. The van der Waals surface area contributed by atoms with E-state index in [1.165, 1.54) is 32.1 Å². The number of allylic oxidation sites excluding steroid dienone is 4. The van der Waals surface area contributed by atoms with Crippen molar-refractivity contribution >= 4 is 25.7 Å². The summed E-state index contributed by atoms with van der Waals surface area (Å²) in [5.41, 5.74) is 0. The second-order valence-electron chi connectivity index (χ2n) is 11.7. The van der Waals surface area contributed by atoms with Crippen LogP contribution in [0.3, 0.4) is 0 Å². The van der Waals surface area contributed by atoms with E-state index in [1.807, 2.05) is 0 Å². The van der Waals surface area contributed by atoms with Crippen LogP contribution in [0.4, 0.5) is 0 Å². The van der Waals surface area contributed by atoms with Crippen molar-refractivity contribution in [3.05, 3.63) is 24.3 Å². The van der Waals surface area contributed by atoms with Crippen molar-refractivity contribution in [2.45, 2.75) is 154 Å². The molecule has 46 heavy (non-hydrogen) atoms. The molecule has 0 aromatic carbocycles. The maximum atomic E-state index is 12.2. The average molecular weight is 676 g/mol. The van der Waals surface area contributed by atoms with E-state index in [0.717, 1.165) is 70.6 Å². The molecule has 3 unspecified atom stereocenters. The third-order valence-corrected chi connectivity index (χ3v) is 8.18. The fraction of sp³-hybridized carbons (Fsp3) is 0.794. The molecule has 0 aliphatic carbocycles. The number of ether oxygens (including phenoxy) is 1. The summed E-state index contributed by atoms with van der Waals surface area (Å²) in [6, 6.07) is -1.55. The fourth-order valence-corrected chi connectivity index (χ4v) is 5.24. The Morgan fingerprint density at radius 3 is 1.85 bits per heavy atom. The van der Waals surface area contributed by atoms with Gasteiger partial charge in [-0.2, -0.15) is 0 Å². The molecule has 11 nitrogen and oxygen atoms in total. The van der Waals surface area contributed by atoms with Gasteiger partial charge in [0, 0.05) is 12.8 Å². The SMILES string of the molecule is CCC/C=C\C/C=C\CCCCCCCC(=O)NC(COP(=O)(O)OCC(O)COC(=O)CCCCCCCCCCC)C(=O)O. The van der Waals surface area contributed by atoms with Crippen LogP contribution in [0.2, 0.25) is 0 Å². The number of nitrogens with one attached hydrogen (secondary N) is 1. The number of carboxylic acids is 1. The average Bonchev–Trinajstić information content (AvgIpc) is 3.02. The monoisotopic (exact) mass is 675 g/mol. The Morgan fingerprint density at radius 2 is 1.24 bits per heavy atom. The summed E-state index contributed by atoms with van der Waals surface area (Å²) in [5.74, 6) is -2.40. The lowest BCUT2D eigenvalue weighted by Crippen LogP contribution is -2.43. The largest absolute Gasteiger partial charge is 0.480 e. The predicted molar refractivity (Wildman–Crippen MR) is 180 cm³/mol. The number of hydrogen-bond acceptors (Lipinski definition) is 8. The van der Waals surface area contributed by atoms with Crippen LogP contribution in [0.25, 0.3) is 0 Å². The van der Waals surface area contributed by atoms with E-state index in [-0.39, 0.29) is 12.8 Å². The normalized spacial score (nSPS) is 14.3. The summed E-state index contributed by atoms with van der Waals surface area (Å²) < 4.78 is 26.6. The van der Waals surface area contributed by atoms with Crippen LogP contribution in [0, 0.1) is 0 Å². The molecule has 0 rings (SSSR count). The van der Waals surface area contributed by atoms with Crippen LogP contribution in [0.5, 0.6) is 0 Å². The van der Waals surface area contributed by atoms with Crippen molar-refractivity contribution in [1.82, 2.24) is 5.32 Å². The van der Waals surface area contributed by atoms with Gasteiger partial charge in [0.15, 0.2) is 6.04 Å². The summed E-state index contributed by atoms with van der Waals surface area (Å²) in [5, 5.41) is 21.6. The first-order valence-electron chi connectivity index (χ1n) is 17.4. The molecule has 4 N–H and O–H groups in total. The zero-order valence-electron chi connectivity index (χ0n) is 28.4. The molecule has 0 saturated heterocycles. The van der Waals surface area contributed by atoms with E-state index in [1.54, 1.807) is 0 Å². The summed E-state index contributed by atoms with van der Waals surface area (Å²) in [7, 11) is -4.74. The number of phosphoric acid groups is 1. The number of phosphoric ester groups is 1. The zero-order chi connectivity index (χ0) is 34.3. The highest BCUT2D eigenvalue weighted by Gasteiger charge is 2.28. The first-order valence-corrected chi connectivity index (χ1v) is 18.9. The van der Waals surface area contributed by atoms with Gasteiger partial charge in [-0.25, -0.2) is 9.36 Å². The highest BCUT2D eigenvalue weighted by atomic mass is 31.2. The number of aliphatic hydroxyl groups is 1. The number of hydrogen-bond donors (Lipinski definition) is 4. The molecular formula is C34H62NO10P. The molecular weight excluding hydrogens is 613 g/mol. The Bertz CT molecular complexity index is 895. The molecule has 0 aromatic rings. The highest BCUT2D eigenvalue weighted by Crippen LogP contribution is 2.43. The number of aliphatic carboxylic acids is 1. The Kier molecular flexibility index (Phi) is 29.0. The van der Waals surface area contributed by atoms with Gasteiger partial charge in [-0.1, -0.05) is 115 Å². The van der Waals surface area contributed by atoms with Gasteiger partial charge in [-0.15, -0.1) is 0 Å². The number of amides is 1. The topological polar surface area (TPSA) is 169 Å². The number of aliphatic hydroxyl groups excluding tert-OH is 1. The van der Waals surface area contributed by atoms with E-state index in [0.29, 0.717) is 12.8 Å². The highest BCUT2D eigenvalue weighted by molar-refractivity contribution is 7.47. The number of esters is 1. The van der Waals surface area contributed by atoms with Crippen molar-refractivity contribution < 1.29 is 47.8 Å². The number of carboxylic acid groups (broad SMARTS) is 1. The molecule has 3 atom stereocenters. The maximum absolute atomic E-state index is 12.2. The van der Waals surface area contributed by atoms with Crippen LogP contribution >= 0.6 is 7.82 Å². The molecule has 1 amide bonds. The van der Waals surface area contributed by atoms with Gasteiger partial charge < -0.3 is 25.2 Å². The van der Waals surface area contributed by atoms with E-state index >= 15 is 0 Å². The number of rotatable bonds is 32. The molecule has 0 aromatic heterocycles. The van der Waals surface area contributed by atoms with E-state index < -0.39 is 57.6 Å². The Labute approximate surface area is 277 Å². The van der Waals surface area contributed by atoms with Crippen molar-refractivity contribution in [1.29, 1.82) is 0 Å². The minimum atomic E-state index is -4.74. The van der Waals surface area contributed by atoms with Crippen molar-refractivity contribution in [2.24, 2.45) is 0 Å². The first-order chi connectivity index (χ1) is 22.1. The Balaban J connectivity index is 4.05. The van der Waals surface area contributed by atoms with Gasteiger partial charge in [0.25, 0.3) is 0 Å². The van der Waals surface area contributed by atoms with Crippen molar-refractivity contribution in [2.75, 3.05) is 19.8 Å². The molecule has 0 heterocycles. The smallest absolute Gasteiger partial charge is 0.472 e. The van der Waals surface area contributed by atoms with Gasteiger partial charge in [0.05, 0.1) is 13.2 Å². The molecule has 0 aliphatic rings. The van der Waals surface area contributed by atoms with Gasteiger partial charge in [0.2, 0.25) is 5.91 Å². The third-order valence-electron chi connectivity index (χ3n) is 7.22. The summed E-state index contributed by atoms with van der Waals surface area (Å²) >= 11 is 0. The van der Waals surface area contributed by atoms with Gasteiger partial charge in [-0.3, -0.25) is 18.6 Å². The number of unbranched alkanes of at least 4 members (excludes halogenated alkanes) is 14. The second kappa shape index (κ2) is 30.3.